The third-order valence-corrected chi connectivity index (χ3v) is 5.51. The van der Waals surface area contributed by atoms with Crippen LogP contribution in [0, 0.1) is 12.3 Å². The molecular formula is C22H27ClN4O6. The van der Waals surface area contributed by atoms with Gasteiger partial charge in [-0.25, -0.2) is 9.78 Å². The van der Waals surface area contributed by atoms with Crippen molar-refractivity contribution in [1.82, 2.24) is 14.5 Å². The van der Waals surface area contributed by atoms with Gasteiger partial charge in [-0.2, -0.15) is 4.98 Å². The first-order valence-corrected chi connectivity index (χ1v) is 11.2. The zero-order valence-electron chi connectivity index (χ0n) is 18.6. The molecule has 0 amide bonds. The lowest BCUT2D eigenvalue weighted by atomic mass is 9.98. The van der Waals surface area contributed by atoms with Gasteiger partial charge in [0.2, 0.25) is 10.9 Å². The lowest BCUT2D eigenvalue weighted by Gasteiger charge is -2.28. The molecule has 178 valence electrons. The minimum Gasteiger partial charge on any atom is -0.461 e. The topological polar surface area (TPSA) is 128 Å². The summed E-state index contributed by atoms with van der Waals surface area (Å²) in [7, 11) is 0. The highest BCUT2D eigenvalue weighted by Crippen LogP contribution is 2.41. The van der Waals surface area contributed by atoms with Crippen LogP contribution in [0.3, 0.4) is 0 Å². The van der Waals surface area contributed by atoms with Gasteiger partial charge in [-0.15, -0.1) is 6.42 Å². The van der Waals surface area contributed by atoms with Crippen LogP contribution in [-0.4, -0.2) is 51.6 Å². The summed E-state index contributed by atoms with van der Waals surface area (Å²) < 4.78 is 23.6. The molecule has 0 spiro atoms. The van der Waals surface area contributed by atoms with Gasteiger partial charge in [-0.05, 0) is 31.0 Å². The number of rotatable bonds is 9. The average Bonchev–Trinajstić information content (AvgIpc) is 3.34. The average molecular weight is 479 g/mol. The molecule has 2 N–H and O–H groups in total. The third kappa shape index (κ3) is 5.49. The van der Waals surface area contributed by atoms with Gasteiger partial charge >= 0.3 is 12.1 Å². The van der Waals surface area contributed by atoms with Crippen molar-refractivity contribution < 1.29 is 28.5 Å². The minimum atomic E-state index is -1.52. The number of nitrogen functional groups attached to an aromatic ring is 1. The van der Waals surface area contributed by atoms with Gasteiger partial charge in [0, 0.05) is 19.0 Å². The summed E-state index contributed by atoms with van der Waals surface area (Å²) in [6.07, 6.45) is 7.99. The van der Waals surface area contributed by atoms with Crippen LogP contribution >= 0.6 is 11.6 Å². The number of nitrogens with two attached hydrogens (primary N) is 1. The molecule has 10 nitrogen and oxygen atoms in total. The predicted molar refractivity (Wildman–Crippen MR) is 120 cm³/mol. The molecule has 11 heteroatoms. The Labute approximate surface area is 196 Å². The Morgan fingerprint density at radius 2 is 2.15 bits per heavy atom. The number of terminal acetylenes is 1. The number of halogens is 1. The first kappa shape index (κ1) is 24.6. The predicted octanol–water partition coefficient (Wildman–Crippen LogP) is 3.62. The van der Waals surface area contributed by atoms with E-state index in [1.807, 2.05) is 6.92 Å². The Hall–Kier alpha value is -3.03. The molecule has 0 aromatic carbocycles. The second-order valence-corrected chi connectivity index (χ2v) is 7.93. The van der Waals surface area contributed by atoms with E-state index in [4.69, 9.17) is 42.7 Å². The summed E-state index contributed by atoms with van der Waals surface area (Å²) in [6, 6.07) is 1.72. The summed E-state index contributed by atoms with van der Waals surface area (Å²) in [5.74, 6) is 2.34. The maximum absolute atomic E-state index is 12.2. The molecular weight excluding hydrogens is 452 g/mol. The Bertz CT molecular complexity index is 1050. The van der Waals surface area contributed by atoms with Crippen LogP contribution in [-0.2, 0) is 23.7 Å². The minimum absolute atomic E-state index is 0.0264. The standard InChI is InChI=1S/C22H27ClN4O6/c1-4-7-8-9-17(28)31-13-22(5-2)15(32-21(29)30-6-3)12-16(33-22)27-11-10-14-18(24)25-20(23)26-19(14)27/h2,10-11,15-16H,4,6-9,12-13H2,1,3H3,(H2,24,25,26)/t15-,16+,22+/m0/s1. The van der Waals surface area contributed by atoms with E-state index in [9.17, 15) is 9.59 Å². The second-order valence-electron chi connectivity index (χ2n) is 7.59. The largest absolute Gasteiger partial charge is 0.508 e. The van der Waals surface area contributed by atoms with E-state index in [-0.39, 0.29) is 37.2 Å². The van der Waals surface area contributed by atoms with E-state index in [0.29, 0.717) is 17.5 Å². The highest BCUT2D eigenvalue weighted by Gasteiger charge is 2.52. The molecule has 2 aromatic heterocycles. The fourth-order valence-electron chi connectivity index (χ4n) is 3.66. The molecule has 1 saturated heterocycles. The summed E-state index contributed by atoms with van der Waals surface area (Å²) in [5.41, 5.74) is 4.85. The maximum atomic E-state index is 12.2. The highest BCUT2D eigenvalue weighted by atomic mass is 35.5. The van der Waals surface area contributed by atoms with Gasteiger partial charge in [0.25, 0.3) is 0 Å². The van der Waals surface area contributed by atoms with Gasteiger partial charge in [0.15, 0.2) is 6.10 Å². The van der Waals surface area contributed by atoms with E-state index >= 15 is 0 Å². The van der Waals surface area contributed by atoms with Crippen LogP contribution in [0.15, 0.2) is 12.3 Å². The first-order chi connectivity index (χ1) is 15.8. The number of anilines is 1. The van der Waals surface area contributed by atoms with E-state index in [2.05, 4.69) is 15.9 Å². The van der Waals surface area contributed by atoms with Gasteiger partial charge < -0.3 is 29.2 Å². The number of hydrogen-bond donors (Lipinski definition) is 1. The van der Waals surface area contributed by atoms with Crippen molar-refractivity contribution in [1.29, 1.82) is 0 Å². The van der Waals surface area contributed by atoms with Crippen molar-refractivity contribution in [2.24, 2.45) is 0 Å². The molecule has 3 rings (SSSR count). The zero-order valence-corrected chi connectivity index (χ0v) is 19.3. The van der Waals surface area contributed by atoms with Crippen molar-refractivity contribution in [2.45, 2.75) is 63.9 Å². The molecule has 3 atom stereocenters. The second kappa shape index (κ2) is 10.7. The third-order valence-electron chi connectivity index (χ3n) is 5.34. The lowest BCUT2D eigenvalue weighted by molar-refractivity contribution is -0.157. The summed E-state index contributed by atoms with van der Waals surface area (Å²) in [5, 5.41) is 0.549. The van der Waals surface area contributed by atoms with Gasteiger partial charge in [-0.3, -0.25) is 4.79 Å². The van der Waals surface area contributed by atoms with E-state index in [1.165, 1.54) is 0 Å². The number of carbonyl (C=O) groups excluding carboxylic acids is 2. The number of esters is 1. The molecule has 0 radical (unpaired) electrons. The fraction of sp³-hybridized carbons (Fsp3) is 0.545. The van der Waals surface area contributed by atoms with Gasteiger partial charge in [0.1, 0.15) is 24.3 Å². The zero-order chi connectivity index (χ0) is 24.0. The van der Waals surface area contributed by atoms with Crippen molar-refractivity contribution in [3.05, 3.63) is 17.5 Å². The lowest BCUT2D eigenvalue weighted by Crippen LogP contribution is -2.45. The van der Waals surface area contributed by atoms with Crippen molar-refractivity contribution >= 4 is 40.6 Å². The molecule has 2 aromatic rings. The smallest absolute Gasteiger partial charge is 0.461 e. The normalized spacial score (nSPS) is 22.1. The number of aromatic nitrogens is 3. The van der Waals surface area contributed by atoms with Crippen LogP contribution in [0.1, 0.15) is 52.2 Å². The maximum Gasteiger partial charge on any atom is 0.508 e. The van der Waals surface area contributed by atoms with Crippen LogP contribution in [0.5, 0.6) is 0 Å². The SMILES string of the molecule is C#C[C@]1(COC(=O)CCCCC)O[C@@H](n2ccc3c(N)nc(Cl)nc32)C[C@@H]1OC(=O)OCC. The van der Waals surface area contributed by atoms with E-state index in [0.717, 1.165) is 12.8 Å². The Kier molecular flexibility index (Phi) is 8.00. The van der Waals surface area contributed by atoms with E-state index < -0.39 is 30.1 Å². The first-order valence-electron chi connectivity index (χ1n) is 10.8. The van der Waals surface area contributed by atoms with Crippen LogP contribution in [0.4, 0.5) is 10.6 Å². The number of hydrogen-bond acceptors (Lipinski definition) is 9. The Morgan fingerprint density at radius 3 is 2.85 bits per heavy atom. The molecule has 0 saturated carbocycles. The van der Waals surface area contributed by atoms with Crippen LogP contribution < -0.4 is 5.73 Å². The summed E-state index contributed by atoms with van der Waals surface area (Å²) in [6.45, 7) is 3.54. The monoisotopic (exact) mass is 478 g/mol. The van der Waals surface area contributed by atoms with Crippen molar-refractivity contribution in [2.75, 3.05) is 18.9 Å². The molecule has 3 heterocycles. The molecule has 1 fully saturated rings. The summed E-state index contributed by atoms with van der Waals surface area (Å²) >= 11 is 5.98. The number of nitrogens with zero attached hydrogens (tertiary/aromatic N) is 3. The van der Waals surface area contributed by atoms with Gasteiger partial charge in [-0.1, -0.05) is 25.7 Å². The number of carbonyl (C=O) groups is 2. The highest BCUT2D eigenvalue weighted by molar-refractivity contribution is 6.28. The molecule has 33 heavy (non-hydrogen) atoms. The number of fused-ring (bicyclic) bond motifs is 1. The molecule has 0 aliphatic carbocycles. The molecule has 1 aliphatic heterocycles. The van der Waals surface area contributed by atoms with Crippen LogP contribution in [0.25, 0.3) is 11.0 Å². The summed E-state index contributed by atoms with van der Waals surface area (Å²) in [4.78, 5) is 32.4. The van der Waals surface area contributed by atoms with Gasteiger partial charge in [0.05, 0.1) is 12.0 Å². The molecule has 1 aliphatic rings. The quantitative estimate of drug-likeness (QED) is 0.248. The Balaban J connectivity index is 1.86. The fourth-order valence-corrected chi connectivity index (χ4v) is 3.83. The molecule has 0 unspecified atom stereocenters. The number of unbranched alkanes of at least 4 members (excludes halogenated alkanes) is 2. The Morgan fingerprint density at radius 1 is 1.36 bits per heavy atom. The van der Waals surface area contributed by atoms with Crippen LogP contribution in [0.2, 0.25) is 5.28 Å². The molecule has 0 bridgehead atoms. The van der Waals surface area contributed by atoms with E-state index in [1.54, 1.807) is 23.8 Å². The number of ether oxygens (including phenoxy) is 4. The van der Waals surface area contributed by atoms with Crippen molar-refractivity contribution in [3.63, 3.8) is 0 Å². The van der Waals surface area contributed by atoms with Crippen molar-refractivity contribution in [3.8, 4) is 12.3 Å².